The summed E-state index contributed by atoms with van der Waals surface area (Å²) in [6, 6.07) is 7.17. The molecule has 0 aliphatic carbocycles. The molecular weight excluding hydrogens is 213 g/mol. The maximum atomic E-state index is 12.7. The smallest absolute Gasteiger partial charge is 0.323 e. The molecule has 0 spiro atoms. The number of carbonyl (C=O) groups excluding carboxylic acids is 1. The first-order chi connectivity index (χ1) is 7.24. The summed E-state index contributed by atoms with van der Waals surface area (Å²) in [6.07, 6.45) is 2.44. The number of carbonyl (C=O) groups is 1. The third kappa shape index (κ3) is 4.34. The fraction of sp³-hybridized carbons (Fsp3) is 0.364. The Labute approximate surface area is 93.3 Å². The predicted octanol–water partition coefficient (Wildman–Crippen LogP) is 2.72. The summed E-state index contributed by atoms with van der Waals surface area (Å²) in [6.45, 7) is 0. The van der Waals surface area contributed by atoms with Crippen LogP contribution < -0.4 is 5.32 Å². The third-order valence-electron chi connectivity index (χ3n) is 2.00. The van der Waals surface area contributed by atoms with Gasteiger partial charge in [-0.05, 0) is 30.6 Å². The highest BCUT2D eigenvalue weighted by Crippen LogP contribution is 2.11. The molecule has 0 aliphatic heterocycles. The van der Waals surface area contributed by atoms with Gasteiger partial charge in [0.15, 0.2) is 0 Å². The van der Waals surface area contributed by atoms with Crippen LogP contribution in [0, 0.1) is 0 Å². The summed E-state index contributed by atoms with van der Waals surface area (Å²) in [5.41, 5.74) is 0.773. The molecule has 1 atom stereocenters. The van der Waals surface area contributed by atoms with Crippen molar-refractivity contribution in [1.82, 2.24) is 0 Å². The lowest BCUT2D eigenvalue weighted by atomic mass is 10.2. The van der Waals surface area contributed by atoms with Gasteiger partial charge in [0.1, 0.15) is 6.04 Å². The van der Waals surface area contributed by atoms with Crippen LogP contribution in [0.3, 0.4) is 0 Å². The SMILES string of the molecule is CSCC[C@H](Nc1ccccc1)C(=O)F. The first kappa shape index (κ1) is 12.0. The topological polar surface area (TPSA) is 29.1 Å². The summed E-state index contributed by atoms with van der Waals surface area (Å²) in [5.74, 6) is 0.764. The van der Waals surface area contributed by atoms with E-state index in [4.69, 9.17) is 0 Å². The van der Waals surface area contributed by atoms with E-state index in [2.05, 4.69) is 5.32 Å². The van der Waals surface area contributed by atoms with Gasteiger partial charge in [-0.2, -0.15) is 16.2 Å². The molecule has 1 aromatic carbocycles. The van der Waals surface area contributed by atoms with Crippen molar-refractivity contribution in [2.24, 2.45) is 0 Å². The number of hydrogen-bond donors (Lipinski definition) is 1. The Bertz CT molecular complexity index is 305. The van der Waals surface area contributed by atoms with E-state index < -0.39 is 12.1 Å². The molecule has 4 heteroatoms. The highest BCUT2D eigenvalue weighted by atomic mass is 32.2. The number of thioether (sulfide) groups is 1. The second kappa shape index (κ2) is 6.45. The van der Waals surface area contributed by atoms with E-state index in [1.807, 2.05) is 36.6 Å². The fourth-order valence-electron chi connectivity index (χ4n) is 1.21. The number of nitrogens with one attached hydrogen (secondary N) is 1. The van der Waals surface area contributed by atoms with Crippen molar-refractivity contribution in [3.63, 3.8) is 0 Å². The normalized spacial score (nSPS) is 12.1. The Balaban J connectivity index is 2.55. The molecule has 0 saturated carbocycles. The van der Waals surface area contributed by atoms with Gasteiger partial charge in [0.2, 0.25) is 0 Å². The van der Waals surface area contributed by atoms with E-state index in [9.17, 15) is 9.18 Å². The Morgan fingerprint density at radius 3 is 2.67 bits per heavy atom. The van der Waals surface area contributed by atoms with Crippen molar-refractivity contribution in [3.8, 4) is 0 Å². The monoisotopic (exact) mass is 227 g/mol. The number of para-hydroxylation sites is 1. The second-order valence-electron chi connectivity index (χ2n) is 3.15. The van der Waals surface area contributed by atoms with E-state index in [0.717, 1.165) is 11.4 Å². The van der Waals surface area contributed by atoms with E-state index in [1.165, 1.54) is 0 Å². The van der Waals surface area contributed by atoms with Crippen molar-refractivity contribution in [3.05, 3.63) is 30.3 Å². The van der Waals surface area contributed by atoms with Crippen LogP contribution in [0.5, 0.6) is 0 Å². The molecule has 0 aromatic heterocycles. The van der Waals surface area contributed by atoms with Gasteiger partial charge >= 0.3 is 6.04 Å². The summed E-state index contributed by atoms with van der Waals surface area (Å²) in [5, 5.41) is 2.88. The maximum absolute atomic E-state index is 12.7. The van der Waals surface area contributed by atoms with E-state index in [1.54, 1.807) is 11.8 Å². The number of anilines is 1. The quantitative estimate of drug-likeness (QED) is 0.758. The lowest BCUT2D eigenvalue weighted by Crippen LogP contribution is -2.27. The average Bonchev–Trinajstić information content (AvgIpc) is 2.25. The van der Waals surface area contributed by atoms with Crippen molar-refractivity contribution in [2.45, 2.75) is 12.5 Å². The first-order valence-electron chi connectivity index (χ1n) is 4.74. The van der Waals surface area contributed by atoms with Gasteiger partial charge in [-0.1, -0.05) is 18.2 Å². The average molecular weight is 227 g/mol. The summed E-state index contributed by atoms with van der Waals surface area (Å²) >= 11 is 1.60. The minimum atomic E-state index is -1.30. The molecule has 1 rings (SSSR count). The van der Waals surface area contributed by atoms with Crippen LogP contribution >= 0.6 is 11.8 Å². The lowest BCUT2D eigenvalue weighted by molar-refractivity contribution is -0.130. The zero-order valence-corrected chi connectivity index (χ0v) is 9.39. The van der Waals surface area contributed by atoms with Crippen molar-refractivity contribution in [2.75, 3.05) is 17.3 Å². The maximum Gasteiger partial charge on any atom is 0.323 e. The van der Waals surface area contributed by atoms with Gasteiger partial charge in [-0.3, -0.25) is 4.79 Å². The van der Waals surface area contributed by atoms with Crippen LogP contribution in [0.4, 0.5) is 10.1 Å². The summed E-state index contributed by atoms with van der Waals surface area (Å²) in [7, 11) is 0. The van der Waals surface area contributed by atoms with Gasteiger partial charge in [0.25, 0.3) is 0 Å². The number of rotatable bonds is 6. The highest BCUT2D eigenvalue weighted by Gasteiger charge is 2.16. The molecule has 2 nitrogen and oxygen atoms in total. The fourth-order valence-corrected chi connectivity index (χ4v) is 1.69. The molecule has 1 aromatic rings. The minimum Gasteiger partial charge on any atom is -0.373 e. The minimum absolute atomic E-state index is 0.505. The Morgan fingerprint density at radius 2 is 2.13 bits per heavy atom. The van der Waals surface area contributed by atoms with Gasteiger partial charge in [0, 0.05) is 5.69 Å². The summed E-state index contributed by atoms with van der Waals surface area (Å²) < 4.78 is 12.7. The first-order valence-corrected chi connectivity index (χ1v) is 6.13. The highest BCUT2D eigenvalue weighted by molar-refractivity contribution is 7.98. The zero-order chi connectivity index (χ0) is 11.1. The van der Waals surface area contributed by atoms with Crippen molar-refractivity contribution < 1.29 is 9.18 Å². The second-order valence-corrected chi connectivity index (χ2v) is 4.13. The Kier molecular flexibility index (Phi) is 5.18. The molecule has 0 fully saturated rings. The van der Waals surface area contributed by atoms with Crippen LogP contribution in [-0.2, 0) is 4.79 Å². The number of halogens is 1. The van der Waals surface area contributed by atoms with E-state index in [-0.39, 0.29) is 0 Å². The third-order valence-corrected chi connectivity index (χ3v) is 2.64. The van der Waals surface area contributed by atoms with Gasteiger partial charge in [0.05, 0.1) is 0 Å². The van der Waals surface area contributed by atoms with Crippen molar-refractivity contribution in [1.29, 1.82) is 0 Å². The molecule has 82 valence electrons. The molecular formula is C11H14FNOS. The molecule has 0 saturated heterocycles. The van der Waals surface area contributed by atoms with Crippen molar-refractivity contribution >= 4 is 23.5 Å². The molecule has 0 aliphatic rings. The van der Waals surface area contributed by atoms with Crippen LogP contribution in [0.1, 0.15) is 6.42 Å². The van der Waals surface area contributed by atoms with Crippen LogP contribution in [0.25, 0.3) is 0 Å². The number of hydrogen-bond acceptors (Lipinski definition) is 3. The predicted molar refractivity (Wildman–Crippen MR) is 63.0 cm³/mol. The molecule has 0 heterocycles. The van der Waals surface area contributed by atoms with Gasteiger partial charge < -0.3 is 5.32 Å². The van der Waals surface area contributed by atoms with E-state index in [0.29, 0.717) is 6.42 Å². The Morgan fingerprint density at radius 1 is 1.47 bits per heavy atom. The van der Waals surface area contributed by atoms with Gasteiger partial charge in [-0.25, -0.2) is 0 Å². The van der Waals surface area contributed by atoms with Crippen LogP contribution in [0.2, 0.25) is 0 Å². The van der Waals surface area contributed by atoms with E-state index >= 15 is 0 Å². The van der Waals surface area contributed by atoms with Crippen LogP contribution in [-0.4, -0.2) is 24.1 Å². The Hall–Kier alpha value is -1.03. The molecule has 0 radical (unpaired) electrons. The molecule has 0 bridgehead atoms. The van der Waals surface area contributed by atoms with Crippen LogP contribution in [0.15, 0.2) is 30.3 Å². The lowest BCUT2D eigenvalue weighted by Gasteiger charge is -2.14. The van der Waals surface area contributed by atoms with Gasteiger partial charge in [-0.15, -0.1) is 0 Å². The zero-order valence-electron chi connectivity index (χ0n) is 8.57. The summed E-state index contributed by atoms with van der Waals surface area (Å²) in [4.78, 5) is 10.7. The standard InChI is InChI=1S/C11H14FNOS/c1-15-8-7-10(11(12)14)13-9-5-3-2-4-6-9/h2-6,10,13H,7-8H2,1H3/t10-/m0/s1. The number of benzene rings is 1. The molecule has 15 heavy (non-hydrogen) atoms. The molecule has 0 unspecified atom stereocenters. The largest absolute Gasteiger partial charge is 0.373 e. The molecule has 0 amide bonds. The molecule has 1 N–H and O–H groups in total.